The molecule has 3 heteroatoms. The molecule has 1 saturated carbocycles. The molecule has 0 heterocycles. The van der Waals surface area contributed by atoms with Gasteiger partial charge < -0.3 is 9.84 Å². The molecule has 0 atom stereocenters. The number of benzene rings is 1. The SMILES string of the molecule is CCOc1cc(CN(C)C2CCCCCC2)ccc1O. The third-order valence-corrected chi connectivity index (χ3v) is 4.20. The molecule has 1 aromatic rings. The first-order valence-corrected chi connectivity index (χ1v) is 7.85. The normalized spacial score (nSPS) is 17.1. The Hall–Kier alpha value is -1.22. The van der Waals surface area contributed by atoms with Crippen LogP contribution < -0.4 is 4.74 Å². The van der Waals surface area contributed by atoms with Gasteiger partial charge in [-0.25, -0.2) is 0 Å². The van der Waals surface area contributed by atoms with Crippen molar-refractivity contribution in [3.05, 3.63) is 23.8 Å². The van der Waals surface area contributed by atoms with Gasteiger partial charge in [-0.2, -0.15) is 0 Å². The summed E-state index contributed by atoms with van der Waals surface area (Å²) in [4.78, 5) is 2.45. The molecule has 0 saturated heterocycles. The van der Waals surface area contributed by atoms with Crippen molar-refractivity contribution in [2.75, 3.05) is 13.7 Å². The molecule has 0 unspecified atom stereocenters. The van der Waals surface area contributed by atoms with Crippen LogP contribution in [-0.4, -0.2) is 29.7 Å². The van der Waals surface area contributed by atoms with Gasteiger partial charge in [0, 0.05) is 12.6 Å². The highest BCUT2D eigenvalue weighted by Crippen LogP contribution is 2.28. The van der Waals surface area contributed by atoms with Crippen LogP contribution in [0.2, 0.25) is 0 Å². The predicted molar refractivity (Wildman–Crippen MR) is 82.2 cm³/mol. The maximum absolute atomic E-state index is 9.75. The zero-order chi connectivity index (χ0) is 14.4. The van der Waals surface area contributed by atoms with Crippen LogP contribution in [0.5, 0.6) is 11.5 Å². The molecule has 0 bridgehead atoms. The van der Waals surface area contributed by atoms with E-state index < -0.39 is 0 Å². The maximum atomic E-state index is 9.75. The molecule has 1 aliphatic rings. The van der Waals surface area contributed by atoms with Crippen LogP contribution >= 0.6 is 0 Å². The number of aromatic hydroxyl groups is 1. The lowest BCUT2D eigenvalue weighted by atomic mass is 10.1. The number of phenols is 1. The minimum Gasteiger partial charge on any atom is -0.504 e. The summed E-state index contributed by atoms with van der Waals surface area (Å²) in [6.07, 6.45) is 8.11. The standard InChI is InChI=1S/C17H27NO2/c1-3-20-17-12-14(10-11-16(17)19)13-18(2)15-8-6-4-5-7-9-15/h10-12,15,19H,3-9,13H2,1-2H3. The molecule has 112 valence electrons. The van der Waals surface area contributed by atoms with Gasteiger partial charge in [-0.1, -0.05) is 31.7 Å². The highest BCUT2D eigenvalue weighted by molar-refractivity contribution is 5.41. The van der Waals surface area contributed by atoms with Gasteiger partial charge in [0.2, 0.25) is 0 Å². The minimum absolute atomic E-state index is 0.229. The molecule has 0 aromatic heterocycles. The highest BCUT2D eigenvalue weighted by Gasteiger charge is 2.17. The summed E-state index contributed by atoms with van der Waals surface area (Å²) in [5.74, 6) is 0.826. The average molecular weight is 277 g/mol. The third-order valence-electron chi connectivity index (χ3n) is 4.20. The van der Waals surface area contributed by atoms with Gasteiger partial charge in [-0.3, -0.25) is 4.90 Å². The van der Waals surface area contributed by atoms with Crippen LogP contribution in [0, 0.1) is 0 Å². The largest absolute Gasteiger partial charge is 0.504 e. The summed E-state index contributed by atoms with van der Waals surface area (Å²) in [7, 11) is 2.21. The molecule has 3 nitrogen and oxygen atoms in total. The molecule has 1 aromatic carbocycles. The molecule has 1 aliphatic carbocycles. The van der Waals surface area contributed by atoms with E-state index >= 15 is 0 Å². The van der Waals surface area contributed by atoms with E-state index in [0.29, 0.717) is 18.4 Å². The highest BCUT2D eigenvalue weighted by atomic mass is 16.5. The monoisotopic (exact) mass is 277 g/mol. The first-order valence-electron chi connectivity index (χ1n) is 7.85. The Morgan fingerprint density at radius 3 is 2.55 bits per heavy atom. The van der Waals surface area contributed by atoms with Gasteiger partial charge in [0.05, 0.1) is 6.61 Å². The Morgan fingerprint density at radius 2 is 1.90 bits per heavy atom. The lowest BCUT2D eigenvalue weighted by Gasteiger charge is -2.27. The van der Waals surface area contributed by atoms with Crippen molar-refractivity contribution in [2.24, 2.45) is 0 Å². The van der Waals surface area contributed by atoms with E-state index in [4.69, 9.17) is 4.74 Å². The fourth-order valence-electron chi connectivity index (χ4n) is 3.04. The number of phenolic OH excluding ortho intramolecular Hbond substituents is 1. The fraction of sp³-hybridized carbons (Fsp3) is 0.647. The fourth-order valence-corrected chi connectivity index (χ4v) is 3.04. The van der Waals surface area contributed by atoms with E-state index in [1.54, 1.807) is 6.07 Å². The second kappa shape index (κ2) is 7.53. The molecular weight excluding hydrogens is 250 g/mol. The molecule has 20 heavy (non-hydrogen) atoms. The molecule has 1 fully saturated rings. The number of hydrogen-bond donors (Lipinski definition) is 1. The van der Waals surface area contributed by atoms with Crippen molar-refractivity contribution in [3.8, 4) is 11.5 Å². The zero-order valence-electron chi connectivity index (χ0n) is 12.8. The molecule has 0 radical (unpaired) electrons. The van der Waals surface area contributed by atoms with Crippen molar-refractivity contribution in [2.45, 2.75) is 58.0 Å². The third kappa shape index (κ3) is 4.14. The number of nitrogens with zero attached hydrogens (tertiary/aromatic N) is 1. The van der Waals surface area contributed by atoms with E-state index in [1.165, 1.54) is 44.1 Å². The van der Waals surface area contributed by atoms with E-state index in [9.17, 15) is 5.11 Å². The summed E-state index contributed by atoms with van der Waals surface area (Å²) in [6, 6.07) is 6.39. The van der Waals surface area contributed by atoms with E-state index in [1.807, 2.05) is 19.1 Å². The Kier molecular flexibility index (Phi) is 5.72. The summed E-state index contributed by atoms with van der Waals surface area (Å²) in [5.41, 5.74) is 1.21. The van der Waals surface area contributed by atoms with Crippen LogP contribution in [0.15, 0.2) is 18.2 Å². The van der Waals surface area contributed by atoms with Crippen LogP contribution in [0.4, 0.5) is 0 Å². The number of hydrogen-bond acceptors (Lipinski definition) is 3. The van der Waals surface area contributed by atoms with Crippen LogP contribution in [-0.2, 0) is 6.54 Å². The second-order valence-corrected chi connectivity index (χ2v) is 5.80. The van der Waals surface area contributed by atoms with Crippen LogP contribution in [0.3, 0.4) is 0 Å². The van der Waals surface area contributed by atoms with Crippen molar-refractivity contribution in [3.63, 3.8) is 0 Å². The first-order chi connectivity index (χ1) is 9.70. The summed E-state index contributed by atoms with van der Waals surface area (Å²) < 4.78 is 5.46. The molecular formula is C17H27NO2. The minimum atomic E-state index is 0.229. The van der Waals surface area contributed by atoms with Gasteiger partial charge in [0.15, 0.2) is 11.5 Å². The van der Waals surface area contributed by atoms with Gasteiger partial charge in [0.25, 0.3) is 0 Å². The summed E-state index contributed by atoms with van der Waals surface area (Å²) >= 11 is 0. The van der Waals surface area contributed by atoms with Crippen molar-refractivity contribution in [1.29, 1.82) is 0 Å². The van der Waals surface area contributed by atoms with Gasteiger partial charge in [0.1, 0.15) is 0 Å². The lowest BCUT2D eigenvalue weighted by Crippen LogP contribution is -2.30. The Labute approximate surface area is 122 Å². The predicted octanol–water partition coefficient (Wildman–Crippen LogP) is 3.95. The summed E-state index contributed by atoms with van der Waals surface area (Å²) in [5, 5.41) is 9.75. The average Bonchev–Trinajstić information content (AvgIpc) is 2.72. The van der Waals surface area contributed by atoms with Crippen molar-refractivity contribution in [1.82, 2.24) is 4.90 Å². The van der Waals surface area contributed by atoms with E-state index in [0.717, 1.165) is 6.54 Å². The van der Waals surface area contributed by atoms with Crippen LogP contribution in [0.1, 0.15) is 51.0 Å². The van der Waals surface area contributed by atoms with Crippen LogP contribution in [0.25, 0.3) is 0 Å². The Bertz CT molecular complexity index is 411. The molecule has 1 N–H and O–H groups in total. The van der Waals surface area contributed by atoms with Gasteiger partial charge in [-0.15, -0.1) is 0 Å². The Morgan fingerprint density at radius 1 is 1.20 bits per heavy atom. The molecule has 0 aliphatic heterocycles. The summed E-state index contributed by atoms with van der Waals surface area (Å²) in [6.45, 7) is 3.43. The second-order valence-electron chi connectivity index (χ2n) is 5.80. The molecule has 0 amide bonds. The first kappa shape index (κ1) is 15.2. The van der Waals surface area contributed by atoms with Gasteiger partial charge >= 0.3 is 0 Å². The number of rotatable bonds is 5. The maximum Gasteiger partial charge on any atom is 0.161 e. The van der Waals surface area contributed by atoms with E-state index in [2.05, 4.69) is 11.9 Å². The molecule has 2 rings (SSSR count). The van der Waals surface area contributed by atoms with Gasteiger partial charge in [-0.05, 0) is 44.5 Å². The quantitative estimate of drug-likeness (QED) is 0.827. The zero-order valence-corrected chi connectivity index (χ0v) is 12.8. The smallest absolute Gasteiger partial charge is 0.161 e. The topological polar surface area (TPSA) is 32.7 Å². The van der Waals surface area contributed by atoms with Crippen molar-refractivity contribution < 1.29 is 9.84 Å². The number of ether oxygens (including phenoxy) is 1. The van der Waals surface area contributed by atoms with E-state index in [-0.39, 0.29) is 5.75 Å². The lowest BCUT2D eigenvalue weighted by molar-refractivity contribution is 0.212. The molecule has 0 spiro atoms. The Balaban J connectivity index is 1.99. The van der Waals surface area contributed by atoms with Crippen molar-refractivity contribution >= 4 is 0 Å².